The summed E-state index contributed by atoms with van der Waals surface area (Å²) >= 11 is 0. The van der Waals surface area contributed by atoms with Gasteiger partial charge in [-0.3, -0.25) is 4.98 Å². The summed E-state index contributed by atoms with van der Waals surface area (Å²) in [5.74, 6) is 5.14. The van der Waals surface area contributed by atoms with Crippen molar-refractivity contribution in [2.24, 2.45) is 5.73 Å². The van der Waals surface area contributed by atoms with Gasteiger partial charge in [0, 0.05) is 18.0 Å². The molecule has 1 heterocycles. The van der Waals surface area contributed by atoms with Gasteiger partial charge >= 0.3 is 0 Å². The highest BCUT2D eigenvalue weighted by Crippen LogP contribution is 2.09. The molecule has 0 spiro atoms. The van der Waals surface area contributed by atoms with Gasteiger partial charge in [0.15, 0.2) is 0 Å². The molecule has 0 aliphatic carbocycles. The lowest BCUT2D eigenvalue weighted by atomic mass is 10.3. The molecule has 0 saturated carbocycles. The fourth-order valence-corrected chi connectivity index (χ4v) is 2.04. The fourth-order valence-electron chi connectivity index (χ4n) is 1.04. The Morgan fingerprint density at radius 3 is 2.78 bits per heavy atom. The third-order valence-electron chi connectivity index (χ3n) is 1.79. The number of nitrogens with two attached hydrogens (primary N) is 1. The Kier molecular flexibility index (Phi) is 5.15. The molecule has 18 heavy (non-hydrogen) atoms. The Morgan fingerprint density at radius 2 is 2.17 bits per heavy atom. The zero-order valence-electron chi connectivity index (χ0n) is 9.23. The molecule has 3 N–H and O–H groups in total. The Balaban J connectivity index is 2.95. The monoisotopic (exact) mass is 275 g/mol. The number of nitrogens with one attached hydrogen (secondary N) is 1. The molecular weight excluding hydrogens is 264 g/mol. The minimum atomic E-state index is -3.99. The molecular formula is C10H11F2N3O2S. The third-order valence-corrected chi connectivity index (χ3v) is 3.18. The van der Waals surface area contributed by atoms with E-state index in [4.69, 9.17) is 5.73 Å². The van der Waals surface area contributed by atoms with Gasteiger partial charge in [-0.05, 0) is 6.07 Å². The van der Waals surface area contributed by atoms with Gasteiger partial charge in [0.25, 0.3) is 6.43 Å². The second-order valence-electron chi connectivity index (χ2n) is 3.16. The molecule has 0 aromatic carbocycles. The lowest BCUT2D eigenvalue weighted by molar-refractivity contribution is 0.153. The number of hydrogen-bond acceptors (Lipinski definition) is 4. The van der Waals surface area contributed by atoms with Gasteiger partial charge in [-0.2, -0.15) is 0 Å². The minimum Gasteiger partial charge on any atom is -0.320 e. The van der Waals surface area contributed by atoms with E-state index in [0.717, 1.165) is 6.20 Å². The number of hydrogen-bond donors (Lipinski definition) is 2. The summed E-state index contributed by atoms with van der Waals surface area (Å²) in [6.45, 7) is -0.818. The van der Waals surface area contributed by atoms with Crippen LogP contribution in [0.1, 0.15) is 5.56 Å². The Morgan fingerprint density at radius 1 is 1.44 bits per heavy atom. The van der Waals surface area contributed by atoms with Crippen LogP contribution >= 0.6 is 0 Å². The summed E-state index contributed by atoms with van der Waals surface area (Å²) < 4.78 is 48.9. The first-order chi connectivity index (χ1) is 8.45. The highest BCUT2D eigenvalue weighted by Gasteiger charge is 2.16. The van der Waals surface area contributed by atoms with E-state index in [1.807, 2.05) is 0 Å². The number of sulfonamides is 1. The highest BCUT2D eigenvalue weighted by atomic mass is 32.2. The summed E-state index contributed by atoms with van der Waals surface area (Å²) in [5.41, 5.74) is 5.52. The largest absolute Gasteiger partial charge is 0.320 e. The summed E-state index contributed by atoms with van der Waals surface area (Å²) in [6, 6.07) is 1.24. The van der Waals surface area contributed by atoms with Crippen molar-refractivity contribution >= 4 is 10.0 Å². The highest BCUT2D eigenvalue weighted by molar-refractivity contribution is 7.89. The van der Waals surface area contributed by atoms with Gasteiger partial charge in [0.1, 0.15) is 4.90 Å². The fraction of sp³-hybridized carbons (Fsp3) is 0.300. The molecule has 1 rings (SSSR count). The van der Waals surface area contributed by atoms with Gasteiger partial charge in [-0.15, -0.1) is 0 Å². The SMILES string of the molecule is NCC#Cc1cncc(S(=O)(=O)NCC(F)F)c1. The normalized spacial score (nSPS) is 11.1. The average molecular weight is 275 g/mol. The van der Waals surface area contributed by atoms with Gasteiger partial charge < -0.3 is 5.73 Å². The third kappa shape index (κ3) is 4.37. The van der Waals surface area contributed by atoms with Crippen LogP contribution in [-0.4, -0.2) is 32.9 Å². The van der Waals surface area contributed by atoms with E-state index < -0.39 is 23.0 Å². The van der Waals surface area contributed by atoms with Gasteiger partial charge in [0.05, 0.1) is 13.1 Å². The number of nitrogens with zero attached hydrogens (tertiary/aromatic N) is 1. The maximum atomic E-state index is 11.9. The van der Waals surface area contributed by atoms with Crippen molar-refractivity contribution in [3.05, 3.63) is 24.0 Å². The maximum absolute atomic E-state index is 11.9. The Bertz CT molecular complexity index is 564. The molecule has 1 aromatic rings. The molecule has 0 atom stereocenters. The summed E-state index contributed by atoms with van der Waals surface area (Å²) in [7, 11) is -3.99. The van der Waals surface area contributed by atoms with Crippen molar-refractivity contribution in [1.29, 1.82) is 0 Å². The van der Waals surface area contributed by atoms with Crippen LogP contribution in [0.2, 0.25) is 0 Å². The van der Waals surface area contributed by atoms with Crippen LogP contribution in [0.3, 0.4) is 0 Å². The molecule has 8 heteroatoms. The van der Waals surface area contributed by atoms with Gasteiger partial charge in [-0.1, -0.05) is 11.8 Å². The van der Waals surface area contributed by atoms with Gasteiger partial charge in [0.2, 0.25) is 10.0 Å². The number of aromatic nitrogens is 1. The predicted molar refractivity (Wildman–Crippen MR) is 61.4 cm³/mol. The molecule has 98 valence electrons. The number of alkyl halides is 2. The quantitative estimate of drug-likeness (QED) is 0.754. The van der Waals surface area contributed by atoms with E-state index in [9.17, 15) is 17.2 Å². The van der Waals surface area contributed by atoms with Gasteiger partial charge in [-0.25, -0.2) is 21.9 Å². The van der Waals surface area contributed by atoms with E-state index in [1.54, 1.807) is 4.72 Å². The van der Waals surface area contributed by atoms with Crippen LogP contribution in [0, 0.1) is 11.8 Å². The topological polar surface area (TPSA) is 85.1 Å². The lowest BCUT2D eigenvalue weighted by Crippen LogP contribution is -2.28. The number of rotatable bonds is 4. The molecule has 0 amide bonds. The predicted octanol–water partition coefficient (Wildman–Crippen LogP) is -0.0648. The number of halogens is 2. The molecule has 0 radical (unpaired) electrons. The standard InChI is InChI=1S/C10H11F2N3O2S/c11-10(12)7-15-18(16,17)9-4-8(2-1-3-13)5-14-6-9/h4-6,10,15H,3,7,13H2. The first-order valence-corrected chi connectivity index (χ1v) is 6.36. The smallest absolute Gasteiger partial charge is 0.251 e. The molecule has 0 bridgehead atoms. The van der Waals surface area contributed by atoms with E-state index in [2.05, 4.69) is 16.8 Å². The first kappa shape index (κ1) is 14.5. The van der Waals surface area contributed by atoms with Crippen LogP contribution in [0.25, 0.3) is 0 Å². The van der Waals surface area contributed by atoms with Crippen molar-refractivity contribution in [1.82, 2.24) is 9.71 Å². The Labute approximate surface area is 103 Å². The Hall–Kier alpha value is -1.56. The van der Waals surface area contributed by atoms with Crippen LogP contribution in [0.5, 0.6) is 0 Å². The van der Waals surface area contributed by atoms with Crippen LogP contribution < -0.4 is 10.5 Å². The second kappa shape index (κ2) is 6.39. The van der Waals surface area contributed by atoms with E-state index in [1.165, 1.54) is 12.3 Å². The van der Waals surface area contributed by atoms with E-state index >= 15 is 0 Å². The van der Waals surface area contributed by atoms with Crippen molar-refractivity contribution in [3.8, 4) is 11.8 Å². The van der Waals surface area contributed by atoms with E-state index in [-0.39, 0.29) is 11.4 Å². The number of pyridine rings is 1. The minimum absolute atomic E-state index is 0.126. The molecule has 0 aliphatic heterocycles. The molecule has 0 unspecified atom stereocenters. The zero-order chi connectivity index (χ0) is 13.6. The van der Waals surface area contributed by atoms with Crippen molar-refractivity contribution < 1.29 is 17.2 Å². The summed E-state index contributed by atoms with van der Waals surface area (Å²) in [6.07, 6.45) is -0.344. The molecule has 1 aromatic heterocycles. The summed E-state index contributed by atoms with van der Waals surface area (Å²) in [4.78, 5) is 3.47. The van der Waals surface area contributed by atoms with E-state index in [0.29, 0.717) is 5.56 Å². The zero-order valence-corrected chi connectivity index (χ0v) is 10.0. The summed E-state index contributed by atoms with van der Waals surface area (Å²) in [5, 5.41) is 0. The van der Waals surface area contributed by atoms with Crippen molar-refractivity contribution in [3.63, 3.8) is 0 Å². The molecule has 0 aliphatic rings. The van der Waals surface area contributed by atoms with Crippen LogP contribution in [0.4, 0.5) is 8.78 Å². The molecule has 0 fully saturated rings. The molecule has 0 saturated heterocycles. The first-order valence-electron chi connectivity index (χ1n) is 4.87. The second-order valence-corrected chi connectivity index (χ2v) is 4.93. The lowest BCUT2D eigenvalue weighted by Gasteiger charge is -2.05. The van der Waals surface area contributed by atoms with Crippen molar-refractivity contribution in [2.45, 2.75) is 11.3 Å². The van der Waals surface area contributed by atoms with Crippen LogP contribution in [0.15, 0.2) is 23.4 Å². The van der Waals surface area contributed by atoms with Crippen molar-refractivity contribution in [2.75, 3.05) is 13.1 Å². The van der Waals surface area contributed by atoms with Crippen LogP contribution in [-0.2, 0) is 10.0 Å². The molecule has 5 nitrogen and oxygen atoms in total. The maximum Gasteiger partial charge on any atom is 0.251 e. The average Bonchev–Trinajstić information content (AvgIpc) is 2.34.